The minimum absolute atomic E-state index is 0.172. The molecule has 5 heteroatoms. The first-order valence-electron chi connectivity index (χ1n) is 3.82. The summed E-state index contributed by atoms with van der Waals surface area (Å²) in [6, 6.07) is 0. The van der Waals surface area contributed by atoms with Gasteiger partial charge in [0.2, 0.25) is 0 Å². The predicted octanol–water partition coefficient (Wildman–Crippen LogP) is 0.767. The molecule has 0 aromatic rings. The second-order valence-corrected chi connectivity index (χ2v) is 3.34. The molecule has 0 amide bonds. The molecule has 1 heterocycles. The maximum absolute atomic E-state index is 12.5. The van der Waals surface area contributed by atoms with Gasteiger partial charge in [0.25, 0.3) is 0 Å². The highest BCUT2D eigenvalue weighted by molar-refractivity contribution is 4.97. The number of hydrogen-bond donors (Lipinski definition) is 2. The molecule has 0 aromatic carbocycles. The second-order valence-electron chi connectivity index (χ2n) is 3.34. The van der Waals surface area contributed by atoms with E-state index in [9.17, 15) is 13.2 Å². The summed E-state index contributed by atoms with van der Waals surface area (Å²) in [6.07, 6.45) is -4.31. The number of rotatable bonds is 1. The van der Waals surface area contributed by atoms with Crippen LogP contribution in [0.25, 0.3) is 0 Å². The summed E-state index contributed by atoms with van der Waals surface area (Å²) in [5.41, 5.74) is -1.92. The molecule has 0 saturated carbocycles. The fourth-order valence-electron chi connectivity index (χ4n) is 1.56. The van der Waals surface area contributed by atoms with Gasteiger partial charge in [0.05, 0.1) is 6.61 Å². The van der Waals surface area contributed by atoms with Gasteiger partial charge in [0.15, 0.2) is 0 Å². The third-order valence-corrected chi connectivity index (χ3v) is 2.68. The van der Waals surface area contributed by atoms with E-state index in [2.05, 4.69) is 5.32 Å². The van der Waals surface area contributed by atoms with Gasteiger partial charge in [-0.3, -0.25) is 0 Å². The van der Waals surface area contributed by atoms with Gasteiger partial charge in [-0.1, -0.05) is 6.92 Å². The monoisotopic (exact) mass is 183 g/mol. The van der Waals surface area contributed by atoms with Crippen molar-refractivity contribution in [1.82, 2.24) is 5.32 Å². The van der Waals surface area contributed by atoms with Crippen LogP contribution < -0.4 is 5.32 Å². The maximum atomic E-state index is 12.5. The van der Waals surface area contributed by atoms with E-state index in [1.165, 1.54) is 6.92 Å². The van der Waals surface area contributed by atoms with E-state index in [1.54, 1.807) is 0 Å². The van der Waals surface area contributed by atoms with E-state index in [1.807, 2.05) is 0 Å². The highest BCUT2D eigenvalue weighted by atomic mass is 19.4. The first-order chi connectivity index (χ1) is 5.44. The lowest BCUT2D eigenvalue weighted by atomic mass is 9.79. The normalized spacial score (nSPS) is 37.2. The van der Waals surface area contributed by atoms with Crippen LogP contribution in [0.4, 0.5) is 13.2 Å². The number of hydrogen-bond acceptors (Lipinski definition) is 2. The van der Waals surface area contributed by atoms with Crippen molar-refractivity contribution in [2.75, 3.05) is 19.7 Å². The van der Waals surface area contributed by atoms with E-state index in [-0.39, 0.29) is 6.54 Å². The van der Waals surface area contributed by atoms with Crippen LogP contribution in [0.2, 0.25) is 0 Å². The molecule has 1 aliphatic rings. The fraction of sp³-hybridized carbons (Fsp3) is 1.00. The number of alkyl halides is 3. The van der Waals surface area contributed by atoms with E-state index >= 15 is 0 Å². The van der Waals surface area contributed by atoms with Crippen molar-refractivity contribution in [3.8, 4) is 0 Å². The summed E-state index contributed by atoms with van der Waals surface area (Å²) in [7, 11) is 0. The van der Waals surface area contributed by atoms with Crippen LogP contribution in [0.3, 0.4) is 0 Å². The molecular weight excluding hydrogens is 171 g/mol. The van der Waals surface area contributed by atoms with Crippen molar-refractivity contribution in [2.45, 2.75) is 13.1 Å². The SMILES string of the molecule is C[C@H]1CNC[C@@]1(CO)C(F)(F)F. The highest BCUT2D eigenvalue weighted by Crippen LogP contribution is 2.45. The van der Waals surface area contributed by atoms with E-state index in [0.717, 1.165) is 0 Å². The summed E-state index contributed by atoms with van der Waals surface area (Å²) < 4.78 is 37.4. The van der Waals surface area contributed by atoms with Crippen molar-refractivity contribution in [3.63, 3.8) is 0 Å². The van der Waals surface area contributed by atoms with Crippen LogP contribution in [-0.2, 0) is 0 Å². The Bertz CT molecular complexity index is 171. The largest absolute Gasteiger partial charge is 0.398 e. The number of nitrogens with one attached hydrogen (secondary N) is 1. The van der Waals surface area contributed by atoms with Crippen LogP contribution in [0, 0.1) is 11.3 Å². The number of aliphatic hydroxyl groups is 1. The van der Waals surface area contributed by atoms with Gasteiger partial charge in [-0.05, 0) is 12.5 Å². The van der Waals surface area contributed by atoms with Crippen molar-refractivity contribution >= 4 is 0 Å². The fourth-order valence-corrected chi connectivity index (χ4v) is 1.56. The van der Waals surface area contributed by atoms with Crippen LogP contribution in [0.15, 0.2) is 0 Å². The summed E-state index contributed by atoms with van der Waals surface area (Å²) in [5, 5.41) is 11.4. The lowest BCUT2D eigenvalue weighted by molar-refractivity contribution is -0.240. The Morgan fingerprint density at radius 2 is 2.17 bits per heavy atom. The third-order valence-electron chi connectivity index (χ3n) is 2.68. The van der Waals surface area contributed by atoms with Crippen molar-refractivity contribution in [2.24, 2.45) is 11.3 Å². The third kappa shape index (κ3) is 1.21. The maximum Gasteiger partial charge on any atom is 0.398 e. The van der Waals surface area contributed by atoms with Gasteiger partial charge in [0, 0.05) is 6.54 Å². The molecule has 0 aromatic heterocycles. The molecule has 0 spiro atoms. The van der Waals surface area contributed by atoms with Crippen LogP contribution in [0.1, 0.15) is 6.92 Å². The van der Waals surface area contributed by atoms with E-state index in [4.69, 9.17) is 5.11 Å². The van der Waals surface area contributed by atoms with Gasteiger partial charge in [-0.2, -0.15) is 13.2 Å². The Labute approximate surface area is 68.8 Å². The van der Waals surface area contributed by atoms with Gasteiger partial charge < -0.3 is 10.4 Å². The van der Waals surface area contributed by atoms with E-state index < -0.39 is 24.1 Å². The summed E-state index contributed by atoms with van der Waals surface area (Å²) in [6.45, 7) is 0.822. The first-order valence-corrected chi connectivity index (χ1v) is 3.82. The molecule has 72 valence electrons. The van der Waals surface area contributed by atoms with Crippen molar-refractivity contribution in [1.29, 1.82) is 0 Å². The Morgan fingerprint density at radius 1 is 1.58 bits per heavy atom. The van der Waals surface area contributed by atoms with E-state index in [0.29, 0.717) is 6.54 Å². The van der Waals surface area contributed by atoms with Crippen LogP contribution >= 0.6 is 0 Å². The quantitative estimate of drug-likeness (QED) is 0.629. The molecule has 1 rings (SSSR count). The van der Waals surface area contributed by atoms with Crippen molar-refractivity contribution in [3.05, 3.63) is 0 Å². The molecule has 1 saturated heterocycles. The summed E-state index contributed by atoms with van der Waals surface area (Å²) in [5.74, 6) is -0.553. The van der Waals surface area contributed by atoms with Gasteiger partial charge >= 0.3 is 6.18 Å². The molecule has 2 atom stereocenters. The molecule has 1 aliphatic heterocycles. The van der Waals surface area contributed by atoms with Crippen LogP contribution in [-0.4, -0.2) is 31.0 Å². The molecular formula is C7H12F3NO. The Morgan fingerprint density at radius 3 is 2.33 bits per heavy atom. The zero-order valence-electron chi connectivity index (χ0n) is 6.78. The number of halogens is 3. The topological polar surface area (TPSA) is 32.3 Å². The standard InChI is InChI=1S/C7H12F3NO/c1-5-2-11-3-6(5,4-12)7(8,9)10/h5,11-12H,2-4H2,1H3/t5-,6-/m0/s1. The zero-order chi connectivity index (χ0) is 9.41. The zero-order valence-corrected chi connectivity index (χ0v) is 6.78. The molecule has 0 radical (unpaired) electrons. The van der Waals surface area contributed by atoms with Gasteiger partial charge in [-0.25, -0.2) is 0 Å². The average Bonchev–Trinajstić information content (AvgIpc) is 2.30. The smallest absolute Gasteiger partial charge is 0.395 e. The van der Waals surface area contributed by atoms with Crippen LogP contribution in [0.5, 0.6) is 0 Å². The molecule has 2 nitrogen and oxygen atoms in total. The Hall–Kier alpha value is -0.290. The Kier molecular flexibility index (Phi) is 2.35. The molecule has 0 unspecified atom stereocenters. The summed E-state index contributed by atoms with van der Waals surface area (Å²) in [4.78, 5) is 0. The first kappa shape index (κ1) is 9.80. The lowest BCUT2D eigenvalue weighted by Crippen LogP contribution is -2.46. The van der Waals surface area contributed by atoms with Crippen molar-refractivity contribution < 1.29 is 18.3 Å². The molecule has 12 heavy (non-hydrogen) atoms. The molecule has 0 bridgehead atoms. The summed E-state index contributed by atoms with van der Waals surface area (Å²) >= 11 is 0. The average molecular weight is 183 g/mol. The minimum atomic E-state index is -4.31. The lowest BCUT2D eigenvalue weighted by Gasteiger charge is -2.32. The second kappa shape index (κ2) is 2.88. The molecule has 0 aliphatic carbocycles. The predicted molar refractivity (Wildman–Crippen MR) is 37.6 cm³/mol. The minimum Gasteiger partial charge on any atom is -0.395 e. The molecule has 1 fully saturated rings. The van der Waals surface area contributed by atoms with Gasteiger partial charge in [-0.15, -0.1) is 0 Å². The Balaban J connectivity index is 2.89. The highest BCUT2D eigenvalue weighted by Gasteiger charge is 2.59. The van der Waals surface area contributed by atoms with Gasteiger partial charge in [0.1, 0.15) is 5.41 Å². The molecule has 2 N–H and O–H groups in total. The number of aliphatic hydroxyl groups excluding tert-OH is 1.